The molecule has 2 rings (SSSR count). The standard InChI is InChI=1S/C20H25NO3/c1-20(2,3)24-18-12-8-6-10-16(18)14-21-19(22)13-15-9-5-7-11-17(15)23-4/h5-12H,13-14H2,1-4H3,(H,21,22). The third kappa shape index (κ3) is 5.30. The number of rotatable bonds is 6. The lowest BCUT2D eigenvalue weighted by molar-refractivity contribution is -0.120. The van der Waals surface area contributed by atoms with Crippen LogP contribution < -0.4 is 14.8 Å². The average molecular weight is 327 g/mol. The summed E-state index contributed by atoms with van der Waals surface area (Å²) in [6.45, 7) is 6.44. The Morgan fingerprint density at radius 1 is 0.958 bits per heavy atom. The van der Waals surface area contributed by atoms with Gasteiger partial charge in [0.1, 0.15) is 17.1 Å². The number of hydrogen-bond donors (Lipinski definition) is 1. The second kappa shape index (κ2) is 7.86. The SMILES string of the molecule is COc1ccccc1CC(=O)NCc1ccccc1OC(C)(C)C. The lowest BCUT2D eigenvalue weighted by Crippen LogP contribution is -2.27. The molecule has 128 valence electrons. The van der Waals surface area contributed by atoms with Gasteiger partial charge >= 0.3 is 0 Å². The Bertz CT molecular complexity index is 689. The molecule has 4 nitrogen and oxygen atoms in total. The number of ether oxygens (including phenoxy) is 2. The molecule has 0 radical (unpaired) electrons. The van der Waals surface area contributed by atoms with Crippen molar-refractivity contribution in [1.82, 2.24) is 5.32 Å². The summed E-state index contributed by atoms with van der Waals surface area (Å²) < 4.78 is 11.2. The van der Waals surface area contributed by atoms with E-state index >= 15 is 0 Å². The first-order valence-corrected chi connectivity index (χ1v) is 8.04. The number of para-hydroxylation sites is 2. The molecule has 0 unspecified atom stereocenters. The van der Waals surface area contributed by atoms with Gasteiger partial charge in [-0.3, -0.25) is 4.79 Å². The monoisotopic (exact) mass is 327 g/mol. The van der Waals surface area contributed by atoms with E-state index in [1.54, 1.807) is 7.11 Å². The summed E-state index contributed by atoms with van der Waals surface area (Å²) in [6, 6.07) is 15.3. The van der Waals surface area contributed by atoms with Crippen molar-refractivity contribution in [2.45, 2.75) is 39.3 Å². The average Bonchev–Trinajstić information content (AvgIpc) is 2.53. The van der Waals surface area contributed by atoms with Crippen LogP contribution in [-0.2, 0) is 17.8 Å². The van der Waals surface area contributed by atoms with Gasteiger partial charge < -0.3 is 14.8 Å². The number of hydrogen-bond acceptors (Lipinski definition) is 3. The summed E-state index contributed by atoms with van der Waals surface area (Å²) in [7, 11) is 1.61. The van der Waals surface area contributed by atoms with Crippen molar-refractivity contribution in [2.24, 2.45) is 0 Å². The zero-order valence-electron chi connectivity index (χ0n) is 14.8. The lowest BCUT2D eigenvalue weighted by Gasteiger charge is -2.23. The van der Waals surface area contributed by atoms with Crippen molar-refractivity contribution < 1.29 is 14.3 Å². The summed E-state index contributed by atoms with van der Waals surface area (Å²) >= 11 is 0. The molecular weight excluding hydrogens is 302 g/mol. The molecule has 1 N–H and O–H groups in total. The first-order valence-electron chi connectivity index (χ1n) is 8.04. The van der Waals surface area contributed by atoms with Gasteiger partial charge in [0.15, 0.2) is 0 Å². The van der Waals surface area contributed by atoms with Gasteiger partial charge in [0.25, 0.3) is 0 Å². The fraction of sp³-hybridized carbons (Fsp3) is 0.350. The van der Waals surface area contributed by atoms with E-state index in [2.05, 4.69) is 5.32 Å². The van der Waals surface area contributed by atoms with Crippen molar-refractivity contribution in [3.63, 3.8) is 0 Å². The molecule has 1 amide bonds. The van der Waals surface area contributed by atoms with E-state index in [0.717, 1.165) is 22.6 Å². The summed E-state index contributed by atoms with van der Waals surface area (Å²) in [5, 5.41) is 2.95. The summed E-state index contributed by atoms with van der Waals surface area (Å²) in [5.41, 5.74) is 1.55. The molecule has 2 aromatic carbocycles. The highest BCUT2D eigenvalue weighted by Gasteiger charge is 2.15. The molecule has 0 spiro atoms. The second-order valence-corrected chi connectivity index (χ2v) is 6.59. The van der Waals surface area contributed by atoms with Gasteiger partial charge in [-0.25, -0.2) is 0 Å². The molecule has 2 aromatic rings. The Morgan fingerprint density at radius 2 is 1.54 bits per heavy atom. The number of methoxy groups -OCH3 is 1. The summed E-state index contributed by atoms with van der Waals surface area (Å²) in [5.74, 6) is 1.47. The van der Waals surface area contributed by atoms with Crippen LogP contribution in [0.3, 0.4) is 0 Å². The van der Waals surface area contributed by atoms with Crippen LogP contribution in [0.1, 0.15) is 31.9 Å². The molecule has 0 aliphatic carbocycles. The van der Waals surface area contributed by atoms with E-state index in [4.69, 9.17) is 9.47 Å². The number of nitrogens with one attached hydrogen (secondary N) is 1. The molecule has 0 saturated carbocycles. The second-order valence-electron chi connectivity index (χ2n) is 6.59. The zero-order chi connectivity index (χ0) is 17.6. The highest BCUT2D eigenvalue weighted by atomic mass is 16.5. The van der Waals surface area contributed by atoms with Crippen LogP contribution in [0.2, 0.25) is 0 Å². The van der Waals surface area contributed by atoms with Gasteiger partial charge in [-0.1, -0.05) is 36.4 Å². The van der Waals surface area contributed by atoms with E-state index in [-0.39, 0.29) is 17.9 Å². The molecule has 0 atom stereocenters. The maximum absolute atomic E-state index is 12.2. The summed E-state index contributed by atoms with van der Waals surface area (Å²) in [6.07, 6.45) is 0.284. The van der Waals surface area contributed by atoms with Gasteiger partial charge in [0, 0.05) is 17.7 Å². The fourth-order valence-corrected chi connectivity index (χ4v) is 2.36. The van der Waals surface area contributed by atoms with Crippen LogP contribution in [0.5, 0.6) is 11.5 Å². The zero-order valence-corrected chi connectivity index (χ0v) is 14.8. The van der Waals surface area contributed by atoms with Gasteiger partial charge in [0.2, 0.25) is 5.91 Å². The Labute approximate surface area is 143 Å². The van der Waals surface area contributed by atoms with Crippen molar-refractivity contribution in [2.75, 3.05) is 7.11 Å². The lowest BCUT2D eigenvalue weighted by atomic mass is 10.1. The van der Waals surface area contributed by atoms with E-state index in [1.807, 2.05) is 69.3 Å². The van der Waals surface area contributed by atoms with Crippen LogP contribution in [0.25, 0.3) is 0 Å². The van der Waals surface area contributed by atoms with Crippen LogP contribution in [0.15, 0.2) is 48.5 Å². The minimum atomic E-state index is -0.280. The normalized spacial score (nSPS) is 11.0. The molecule has 0 fully saturated rings. The van der Waals surface area contributed by atoms with E-state index in [9.17, 15) is 4.79 Å². The number of benzene rings is 2. The van der Waals surface area contributed by atoms with Gasteiger partial charge in [-0.05, 0) is 32.9 Å². The maximum atomic E-state index is 12.2. The number of carbonyl (C=O) groups excluding carboxylic acids is 1. The predicted molar refractivity (Wildman–Crippen MR) is 95.4 cm³/mol. The molecule has 0 heterocycles. The van der Waals surface area contributed by atoms with Crippen LogP contribution >= 0.6 is 0 Å². The van der Waals surface area contributed by atoms with Crippen molar-refractivity contribution in [1.29, 1.82) is 0 Å². The predicted octanol–water partition coefficient (Wildman–Crippen LogP) is 3.73. The van der Waals surface area contributed by atoms with E-state index in [1.165, 1.54) is 0 Å². The minimum Gasteiger partial charge on any atom is -0.496 e. The van der Waals surface area contributed by atoms with Crippen LogP contribution in [-0.4, -0.2) is 18.6 Å². The number of amides is 1. The molecule has 0 bridgehead atoms. The third-order valence-corrected chi connectivity index (χ3v) is 3.41. The molecule has 0 aliphatic rings. The maximum Gasteiger partial charge on any atom is 0.224 e. The van der Waals surface area contributed by atoms with E-state index in [0.29, 0.717) is 6.54 Å². The molecule has 0 aliphatic heterocycles. The topological polar surface area (TPSA) is 47.6 Å². The van der Waals surface area contributed by atoms with Crippen molar-refractivity contribution >= 4 is 5.91 Å². The Balaban J connectivity index is 1.99. The first-order chi connectivity index (χ1) is 11.4. The molecule has 4 heteroatoms. The Morgan fingerprint density at radius 3 is 2.17 bits per heavy atom. The van der Waals surface area contributed by atoms with Crippen molar-refractivity contribution in [3.05, 3.63) is 59.7 Å². The van der Waals surface area contributed by atoms with Gasteiger partial charge in [-0.2, -0.15) is 0 Å². The molecular formula is C20H25NO3. The van der Waals surface area contributed by atoms with E-state index < -0.39 is 0 Å². The first kappa shape index (κ1) is 17.9. The van der Waals surface area contributed by atoms with Crippen LogP contribution in [0.4, 0.5) is 0 Å². The molecule has 0 aromatic heterocycles. The van der Waals surface area contributed by atoms with Crippen LogP contribution in [0, 0.1) is 0 Å². The summed E-state index contributed by atoms with van der Waals surface area (Å²) in [4.78, 5) is 12.2. The smallest absolute Gasteiger partial charge is 0.224 e. The third-order valence-electron chi connectivity index (χ3n) is 3.41. The van der Waals surface area contributed by atoms with Gasteiger partial charge in [-0.15, -0.1) is 0 Å². The Hall–Kier alpha value is -2.49. The minimum absolute atomic E-state index is 0.0509. The number of carbonyl (C=O) groups is 1. The largest absolute Gasteiger partial charge is 0.496 e. The highest BCUT2D eigenvalue weighted by molar-refractivity contribution is 5.79. The Kier molecular flexibility index (Phi) is 5.85. The molecule has 0 saturated heterocycles. The highest BCUT2D eigenvalue weighted by Crippen LogP contribution is 2.23. The quantitative estimate of drug-likeness (QED) is 0.879. The van der Waals surface area contributed by atoms with Crippen molar-refractivity contribution in [3.8, 4) is 11.5 Å². The van der Waals surface area contributed by atoms with Gasteiger partial charge in [0.05, 0.1) is 13.5 Å². The fourth-order valence-electron chi connectivity index (χ4n) is 2.36. The molecule has 24 heavy (non-hydrogen) atoms.